The summed E-state index contributed by atoms with van der Waals surface area (Å²) in [6, 6.07) is 8.49. The summed E-state index contributed by atoms with van der Waals surface area (Å²) < 4.78 is 0.720. The molecule has 0 radical (unpaired) electrons. The summed E-state index contributed by atoms with van der Waals surface area (Å²) in [5, 5.41) is 7.26. The first-order chi connectivity index (χ1) is 8.13. The van der Waals surface area contributed by atoms with Gasteiger partial charge in [-0.15, -0.1) is 0 Å². The lowest BCUT2D eigenvalue weighted by Crippen LogP contribution is -1.96. The number of hydrogen-bond acceptors (Lipinski definition) is 2. The summed E-state index contributed by atoms with van der Waals surface area (Å²) in [4.78, 5) is 0. The molecule has 0 unspecified atom stereocenters. The number of aromatic nitrogens is 2. The second kappa shape index (κ2) is 4.80. The normalized spacial score (nSPS) is 10.5. The lowest BCUT2D eigenvalue weighted by Gasteiger charge is -2.08. The molecule has 1 heterocycles. The zero-order valence-corrected chi connectivity index (χ0v) is 11.2. The van der Waals surface area contributed by atoms with Crippen LogP contribution in [0.1, 0.15) is 23.6 Å². The van der Waals surface area contributed by atoms with E-state index in [4.69, 9.17) is 12.2 Å². The Hall–Kier alpha value is -1.48. The lowest BCUT2D eigenvalue weighted by molar-refractivity contribution is 0.986. The number of aryl methyl sites for hydroxylation is 1. The van der Waals surface area contributed by atoms with Crippen LogP contribution in [0, 0.1) is 18.5 Å². The molecule has 1 aromatic heterocycles. The van der Waals surface area contributed by atoms with Crippen molar-refractivity contribution >= 4 is 12.2 Å². The smallest absolute Gasteiger partial charge is 0.122 e. The van der Waals surface area contributed by atoms with Crippen molar-refractivity contribution < 1.29 is 0 Å². The number of hydrogen-bond donors (Lipinski definition) is 1. The molecule has 2 nitrogen and oxygen atoms in total. The fourth-order valence-electron chi connectivity index (χ4n) is 1.84. The largest absolute Gasteiger partial charge is 0.267 e. The summed E-state index contributed by atoms with van der Waals surface area (Å²) in [7, 11) is 0. The minimum atomic E-state index is 0.720. The van der Waals surface area contributed by atoms with E-state index in [9.17, 15) is 0 Å². The molecule has 0 atom stereocenters. The van der Waals surface area contributed by atoms with E-state index in [-0.39, 0.29) is 0 Å². The predicted octanol–water partition coefficient (Wildman–Crippen LogP) is 3.99. The zero-order chi connectivity index (χ0) is 12.4. The summed E-state index contributed by atoms with van der Waals surface area (Å²) >= 11 is 5.18. The molecule has 3 heteroatoms. The average Bonchev–Trinajstić information content (AvgIpc) is 2.36. The third-order valence-corrected chi connectivity index (χ3v) is 3.53. The highest BCUT2D eigenvalue weighted by Gasteiger charge is 2.07. The van der Waals surface area contributed by atoms with Gasteiger partial charge in [0, 0.05) is 5.56 Å². The minimum Gasteiger partial charge on any atom is -0.267 e. The molecule has 0 bridgehead atoms. The van der Waals surface area contributed by atoms with Gasteiger partial charge in [-0.1, -0.05) is 37.3 Å². The van der Waals surface area contributed by atoms with Crippen LogP contribution in [-0.4, -0.2) is 10.2 Å². The minimum absolute atomic E-state index is 0.720. The maximum absolute atomic E-state index is 5.18. The van der Waals surface area contributed by atoms with Crippen molar-refractivity contribution in [2.45, 2.75) is 27.2 Å². The molecular weight excluding hydrogens is 228 g/mol. The first-order valence-corrected chi connectivity index (χ1v) is 6.19. The highest BCUT2D eigenvalue weighted by atomic mass is 32.1. The SMILES string of the molecule is CCc1cccc(-c2n[nH]c(=S)c(C)c2C)c1. The van der Waals surface area contributed by atoms with Gasteiger partial charge in [0.1, 0.15) is 4.64 Å². The number of nitrogens with one attached hydrogen (secondary N) is 1. The van der Waals surface area contributed by atoms with Gasteiger partial charge in [0.15, 0.2) is 0 Å². The van der Waals surface area contributed by atoms with Crippen molar-refractivity contribution in [2.75, 3.05) is 0 Å². The number of aromatic amines is 1. The van der Waals surface area contributed by atoms with Crippen LogP contribution >= 0.6 is 12.2 Å². The van der Waals surface area contributed by atoms with Crippen LogP contribution < -0.4 is 0 Å². The highest BCUT2D eigenvalue weighted by molar-refractivity contribution is 7.71. The first kappa shape index (κ1) is 12.0. The predicted molar refractivity (Wildman–Crippen MR) is 73.7 cm³/mol. The van der Waals surface area contributed by atoms with Crippen LogP contribution in [0.5, 0.6) is 0 Å². The zero-order valence-electron chi connectivity index (χ0n) is 10.4. The maximum atomic E-state index is 5.18. The second-order valence-corrected chi connectivity index (χ2v) is 4.61. The lowest BCUT2D eigenvalue weighted by atomic mass is 10.0. The number of rotatable bonds is 2. The molecule has 0 fully saturated rings. The fourth-order valence-corrected chi connectivity index (χ4v) is 2.04. The van der Waals surface area contributed by atoms with Crippen LogP contribution in [0.4, 0.5) is 0 Å². The summed E-state index contributed by atoms with van der Waals surface area (Å²) in [5.41, 5.74) is 5.72. The van der Waals surface area contributed by atoms with Crippen LogP contribution in [0.25, 0.3) is 11.3 Å². The maximum Gasteiger partial charge on any atom is 0.122 e. The van der Waals surface area contributed by atoms with E-state index in [2.05, 4.69) is 48.3 Å². The molecule has 88 valence electrons. The molecule has 1 N–H and O–H groups in total. The van der Waals surface area contributed by atoms with Gasteiger partial charge >= 0.3 is 0 Å². The Bertz CT molecular complexity index is 599. The van der Waals surface area contributed by atoms with Gasteiger partial charge < -0.3 is 0 Å². The van der Waals surface area contributed by atoms with Gasteiger partial charge in [-0.3, -0.25) is 5.10 Å². The molecular formula is C14H16N2S. The van der Waals surface area contributed by atoms with E-state index in [1.165, 1.54) is 5.56 Å². The third-order valence-electron chi connectivity index (χ3n) is 3.14. The van der Waals surface area contributed by atoms with Crippen molar-refractivity contribution in [1.82, 2.24) is 10.2 Å². The van der Waals surface area contributed by atoms with E-state index < -0.39 is 0 Å². The molecule has 0 saturated carbocycles. The number of H-pyrrole nitrogens is 1. The van der Waals surface area contributed by atoms with E-state index in [1.807, 2.05) is 6.92 Å². The molecule has 0 spiro atoms. The van der Waals surface area contributed by atoms with E-state index in [0.717, 1.165) is 33.4 Å². The van der Waals surface area contributed by atoms with Crippen LogP contribution in [0.2, 0.25) is 0 Å². The molecule has 0 saturated heterocycles. The summed E-state index contributed by atoms with van der Waals surface area (Å²) in [6.07, 6.45) is 1.04. The van der Waals surface area contributed by atoms with E-state index in [0.29, 0.717) is 0 Å². The van der Waals surface area contributed by atoms with Crippen molar-refractivity contribution in [1.29, 1.82) is 0 Å². The molecule has 2 rings (SSSR count). The Morgan fingerprint density at radius 3 is 2.71 bits per heavy atom. The third kappa shape index (κ3) is 2.29. The highest BCUT2D eigenvalue weighted by Crippen LogP contribution is 2.23. The Morgan fingerprint density at radius 2 is 2.00 bits per heavy atom. The van der Waals surface area contributed by atoms with E-state index >= 15 is 0 Å². The molecule has 0 amide bonds. The fraction of sp³-hybridized carbons (Fsp3) is 0.286. The molecule has 2 aromatic rings. The summed E-state index contributed by atoms with van der Waals surface area (Å²) in [5.74, 6) is 0. The van der Waals surface area contributed by atoms with Crippen molar-refractivity contribution in [3.05, 3.63) is 45.6 Å². The van der Waals surface area contributed by atoms with Gasteiger partial charge in [0.25, 0.3) is 0 Å². The Labute approximate surface area is 107 Å². The molecule has 0 aliphatic carbocycles. The van der Waals surface area contributed by atoms with Gasteiger partial charge in [-0.25, -0.2) is 0 Å². The molecule has 1 aromatic carbocycles. The second-order valence-electron chi connectivity index (χ2n) is 4.21. The standard InChI is InChI=1S/C14H16N2S/c1-4-11-6-5-7-12(8-11)13-9(2)10(3)14(17)16-15-13/h5-8H,4H2,1-3H3,(H,16,17). The van der Waals surface area contributed by atoms with Crippen molar-refractivity contribution in [3.8, 4) is 11.3 Å². The number of benzene rings is 1. The van der Waals surface area contributed by atoms with Gasteiger partial charge in [0.05, 0.1) is 5.69 Å². The van der Waals surface area contributed by atoms with Gasteiger partial charge in [-0.2, -0.15) is 5.10 Å². The van der Waals surface area contributed by atoms with Crippen LogP contribution in [0.3, 0.4) is 0 Å². The average molecular weight is 244 g/mol. The quantitative estimate of drug-likeness (QED) is 0.809. The monoisotopic (exact) mass is 244 g/mol. The molecule has 0 aliphatic rings. The topological polar surface area (TPSA) is 28.7 Å². The Balaban J connectivity index is 2.60. The van der Waals surface area contributed by atoms with Crippen molar-refractivity contribution in [2.24, 2.45) is 0 Å². The van der Waals surface area contributed by atoms with Gasteiger partial charge in [0.2, 0.25) is 0 Å². The summed E-state index contributed by atoms with van der Waals surface area (Å²) in [6.45, 7) is 6.26. The number of nitrogens with zero attached hydrogens (tertiary/aromatic N) is 1. The van der Waals surface area contributed by atoms with Crippen LogP contribution in [0.15, 0.2) is 24.3 Å². The van der Waals surface area contributed by atoms with Gasteiger partial charge in [-0.05, 0) is 43.0 Å². The molecule has 17 heavy (non-hydrogen) atoms. The Morgan fingerprint density at radius 1 is 1.24 bits per heavy atom. The first-order valence-electron chi connectivity index (χ1n) is 5.78. The van der Waals surface area contributed by atoms with Crippen molar-refractivity contribution in [3.63, 3.8) is 0 Å². The van der Waals surface area contributed by atoms with E-state index in [1.54, 1.807) is 0 Å². The molecule has 0 aliphatic heterocycles. The Kier molecular flexibility index (Phi) is 3.38. The van der Waals surface area contributed by atoms with Crippen LogP contribution in [-0.2, 0) is 6.42 Å².